The predicted molar refractivity (Wildman–Crippen MR) is 99.2 cm³/mol. The quantitative estimate of drug-likeness (QED) is 0.740. The van der Waals surface area contributed by atoms with Gasteiger partial charge >= 0.3 is 5.97 Å². The Labute approximate surface area is 162 Å². The number of nitriles is 1. The minimum absolute atomic E-state index is 0.0665. The van der Waals surface area contributed by atoms with Crippen LogP contribution in [0.15, 0.2) is 34.9 Å². The van der Waals surface area contributed by atoms with Crippen LogP contribution in [0.2, 0.25) is 5.02 Å². The number of ether oxygens (including phenoxy) is 4. The highest BCUT2D eigenvalue weighted by Crippen LogP contribution is 2.45. The first-order valence-corrected chi connectivity index (χ1v) is 8.72. The molecule has 0 saturated heterocycles. The number of nitrogens with two attached hydrogens (primary N) is 1. The lowest BCUT2D eigenvalue weighted by Gasteiger charge is -2.28. The van der Waals surface area contributed by atoms with Crippen LogP contribution in [0.4, 0.5) is 0 Å². The summed E-state index contributed by atoms with van der Waals surface area (Å²) in [5.41, 5.74) is 6.58. The van der Waals surface area contributed by atoms with Crippen molar-refractivity contribution in [1.29, 1.82) is 5.26 Å². The summed E-state index contributed by atoms with van der Waals surface area (Å²) >= 11 is 6.47. The van der Waals surface area contributed by atoms with Crippen LogP contribution in [0.25, 0.3) is 0 Å². The summed E-state index contributed by atoms with van der Waals surface area (Å²) in [5.74, 6) is -0.422. The largest absolute Gasteiger partial charge is 0.493 e. The molecule has 7 nitrogen and oxygen atoms in total. The molecule has 8 heteroatoms. The topological polar surface area (TPSA) is 104 Å². The fourth-order valence-corrected chi connectivity index (χ4v) is 3.13. The van der Waals surface area contributed by atoms with Gasteiger partial charge in [-0.15, -0.1) is 0 Å². The Morgan fingerprint density at radius 1 is 1.33 bits per heavy atom. The molecule has 1 aliphatic rings. The second-order valence-corrected chi connectivity index (χ2v) is 5.98. The standard InChI is InChI=1S/C19H21ClN2O5/c1-5-25-15-8-13(20)11(7-14(15)24-4)17-12(9-21)18(22)27-10(3)16(17)19(23)26-6-2/h7-8,17H,5-6,22H2,1-4H3. The van der Waals surface area contributed by atoms with E-state index in [1.807, 2.05) is 13.0 Å². The Morgan fingerprint density at radius 3 is 2.59 bits per heavy atom. The van der Waals surface area contributed by atoms with Gasteiger partial charge in [0.1, 0.15) is 17.4 Å². The highest BCUT2D eigenvalue weighted by molar-refractivity contribution is 6.31. The second kappa shape index (κ2) is 8.69. The summed E-state index contributed by atoms with van der Waals surface area (Å²) in [5, 5.41) is 9.92. The fourth-order valence-electron chi connectivity index (χ4n) is 2.87. The maximum atomic E-state index is 12.6. The SMILES string of the molecule is CCOC(=O)C1=C(C)OC(N)=C(C#N)C1c1cc(OC)c(OCC)cc1Cl. The van der Waals surface area contributed by atoms with Crippen LogP contribution in [0.5, 0.6) is 11.5 Å². The minimum atomic E-state index is -0.847. The van der Waals surface area contributed by atoms with Crippen molar-refractivity contribution in [2.75, 3.05) is 20.3 Å². The molecule has 144 valence electrons. The van der Waals surface area contributed by atoms with Crippen molar-refractivity contribution >= 4 is 17.6 Å². The van der Waals surface area contributed by atoms with E-state index in [1.165, 1.54) is 7.11 Å². The number of rotatable bonds is 6. The second-order valence-electron chi connectivity index (χ2n) is 5.57. The molecule has 0 aliphatic carbocycles. The lowest BCUT2D eigenvalue weighted by atomic mass is 9.83. The third-order valence-corrected chi connectivity index (χ3v) is 4.32. The van der Waals surface area contributed by atoms with Crippen LogP contribution in [0, 0.1) is 11.3 Å². The molecular formula is C19H21ClN2O5. The van der Waals surface area contributed by atoms with Crippen molar-refractivity contribution in [3.05, 3.63) is 45.5 Å². The van der Waals surface area contributed by atoms with Crippen LogP contribution in [-0.2, 0) is 14.3 Å². The van der Waals surface area contributed by atoms with Gasteiger partial charge in [-0.25, -0.2) is 4.79 Å². The molecular weight excluding hydrogens is 372 g/mol. The Kier molecular flexibility index (Phi) is 6.59. The van der Waals surface area contributed by atoms with E-state index in [0.717, 1.165) is 0 Å². The van der Waals surface area contributed by atoms with Crippen LogP contribution in [-0.4, -0.2) is 26.3 Å². The van der Waals surface area contributed by atoms with Gasteiger partial charge in [-0.1, -0.05) is 11.6 Å². The van der Waals surface area contributed by atoms with Crippen LogP contribution < -0.4 is 15.2 Å². The molecule has 0 bridgehead atoms. The number of methoxy groups -OCH3 is 1. The summed E-state index contributed by atoms with van der Waals surface area (Å²) in [6.07, 6.45) is 0. The van der Waals surface area contributed by atoms with E-state index in [2.05, 4.69) is 0 Å². The molecule has 27 heavy (non-hydrogen) atoms. The van der Waals surface area contributed by atoms with Crippen LogP contribution >= 0.6 is 11.6 Å². The van der Waals surface area contributed by atoms with E-state index in [9.17, 15) is 10.1 Å². The van der Waals surface area contributed by atoms with Gasteiger partial charge in [0, 0.05) is 11.1 Å². The summed E-state index contributed by atoms with van der Waals surface area (Å²) < 4.78 is 21.4. The van der Waals surface area contributed by atoms with Gasteiger partial charge in [0.2, 0.25) is 5.88 Å². The first-order chi connectivity index (χ1) is 12.9. The van der Waals surface area contributed by atoms with Gasteiger partial charge < -0.3 is 24.7 Å². The number of halogens is 1. The molecule has 0 fully saturated rings. The van der Waals surface area contributed by atoms with Crippen LogP contribution in [0.1, 0.15) is 32.3 Å². The monoisotopic (exact) mass is 392 g/mol. The Hall–Kier alpha value is -2.85. The van der Waals surface area contributed by atoms with E-state index in [4.69, 9.17) is 36.3 Å². The smallest absolute Gasteiger partial charge is 0.338 e. The highest BCUT2D eigenvalue weighted by Gasteiger charge is 2.38. The maximum Gasteiger partial charge on any atom is 0.338 e. The van der Waals surface area contributed by atoms with E-state index in [1.54, 1.807) is 26.0 Å². The molecule has 0 spiro atoms. The first kappa shape index (κ1) is 20.5. The molecule has 2 N–H and O–H groups in total. The first-order valence-electron chi connectivity index (χ1n) is 8.35. The molecule has 2 rings (SSSR count). The molecule has 0 saturated carbocycles. The molecule has 1 heterocycles. The summed E-state index contributed by atoms with van der Waals surface area (Å²) in [6.45, 7) is 5.70. The number of carbonyl (C=O) groups excluding carboxylic acids is 1. The average molecular weight is 393 g/mol. The third kappa shape index (κ3) is 3.96. The summed E-state index contributed by atoms with van der Waals surface area (Å²) in [7, 11) is 1.49. The van der Waals surface area contributed by atoms with Gasteiger partial charge in [0.15, 0.2) is 11.5 Å². The normalized spacial score (nSPS) is 16.5. The molecule has 1 aliphatic heterocycles. The van der Waals surface area contributed by atoms with Crippen molar-refractivity contribution < 1.29 is 23.7 Å². The third-order valence-electron chi connectivity index (χ3n) is 3.99. The lowest BCUT2D eigenvalue weighted by Crippen LogP contribution is -2.25. The van der Waals surface area contributed by atoms with E-state index in [-0.39, 0.29) is 29.4 Å². The Morgan fingerprint density at radius 2 is 2.04 bits per heavy atom. The van der Waals surface area contributed by atoms with Crippen molar-refractivity contribution in [2.24, 2.45) is 5.73 Å². The Bertz CT molecular complexity index is 854. The number of benzene rings is 1. The number of esters is 1. The molecule has 0 aromatic heterocycles. The lowest BCUT2D eigenvalue weighted by molar-refractivity contribution is -0.139. The van der Waals surface area contributed by atoms with Crippen LogP contribution in [0.3, 0.4) is 0 Å². The van der Waals surface area contributed by atoms with Crippen molar-refractivity contribution in [1.82, 2.24) is 0 Å². The van der Waals surface area contributed by atoms with Crippen molar-refractivity contribution in [3.63, 3.8) is 0 Å². The van der Waals surface area contributed by atoms with E-state index >= 15 is 0 Å². The molecule has 1 unspecified atom stereocenters. The number of hydrogen-bond donors (Lipinski definition) is 1. The van der Waals surface area contributed by atoms with Gasteiger partial charge in [-0.3, -0.25) is 0 Å². The Balaban J connectivity index is 2.71. The zero-order valence-electron chi connectivity index (χ0n) is 15.6. The number of carbonyl (C=O) groups is 1. The highest BCUT2D eigenvalue weighted by atomic mass is 35.5. The van der Waals surface area contributed by atoms with Gasteiger partial charge in [-0.05, 0) is 32.4 Å². The number of allylic oxidation sites excluding steroid dienone is 2. The summed E-state index contributed by atoms with van der Waals surface area (Å²) in [6, 6.07) is 5.22. The van der Waals surface area contributed by atoms with Gasteiger partial charge in [-0.2, -0.15) is 5.26 Å². The van der Waals surface area contributed by atoms with E-state index in [0.29, 0.717) is 28.7 Å². The number of hydrogen-bond acceptors (Lipinski definition) is 7. The maximum absolute atomic E-state index is 12.6. The summed E-state index contributed by atoms with van der Waals surface area (Å²) in [4.78, 5) is 12.6. The molecule has 1 aromatic rings. The zero-order valence-corrected chi connectivity index (χ0v) is 16.3. The van der Waals surface area contributed by atoms with Crippen molar-refractivity contribution in [3.8, 4) is 17.6 Å². The fraction of sp³-hybridized carbons (Fsp3) is 0.368. The average Bonchev–Trinajstić information content (AvgIpc) is 2.62. The minimum Gasteiger partial charge on any atom is -0.493 e. The molecule has 1 aromatic carbocycles. The van der Waals surface area contributed by atoms with Crippen molar-refractivity contribution in [2.45, 2.75) is 26.7 Å². The zero-order chi connectivity index (χ0) is 20.1. The molecule has 0 radical (unpaired) electrons. The van der Waals surface area contributed by atoms with Gasteiger partial charge in [0.25, 0.3) is 0 Å². The number of nitrogens with zero attached hydrogens (tertiary/aromatic N) is 1. The predicted octanol–water partition coefficient (Wildman–Crippen LogP) is 3.39. The molecule has 1 atom stereocenters. The van der Waals surface area contributed by atoms with E-state index < -0.39 is 11.9 Å². The van der Waals surface area contributed by atoms with Gasteiger partial charge in [0.05, 0.1) is 31.8 Å². The molecule has 0 amide bonds.